The third kappa shape index (κ3) is 4.42. The highest BCUT2D eigenvalue weighted by Gasteiger charge is 2.46. The van der Waals surface area contributed by atoms with E-state index in [0.717, 1.165) is 36.9 Å². The van der Waals surface area contributed by atoms with E-state index in [-0.39, 0.29) is 35.2 Å². The molecule has 7 nitrogen and oxygen atoms in total. The van der Waals surface area contributed by atoms with Gasteiger partial charge in [0.15, 0.2) is 0 Å². The number of amides is 1. The minimum absolute atomic E-state index is 0.0464. The van der Waals surface area contributed by atoms with Crippen LogP contribution in [0, 0.1) is 5.82 Å². The summed E-state index contributed by atoms with van der Waals surface area (Å²) in [5.74, 6) is -0.340. The summed E-state index contributed by atoms with van der Waals surface area (Å²) in [6.07, 6.45) is -1.87. The van der Waals surface area contributed by atoms with E-state index in [1.807, 2.05) is 11.0 Å². The molecule has 35 heavy (non-hydrogen) atoms. The number of carbonyl (C=O) groups is 2. The van der Waals surface area contributed by atoms with E-state index in [4.69, 9.17) is 4.79 Å². The first kappa shape index (κ1) is 23.5. The number of H-pyrrole nitrogens is 1. The molecule has 12 heteroatoms. The maximum atomic E-state index is 13.6. The minimum atomic E-state index is -4.64. The maximum absolute atomic E-state index is 13.6. The van der Waals surface area contributed by atoms with Gasteiger partial charge in [-0.05, 0) is 49.4 Å². The Kier molecular flexibility index (Phi) is 5.86. The molecule has 0 spiro atoms. The van der Waals surface area contributed by atoms with Crippen LogP contribution in [0.5, 0.6) is 0 Å². The van der Waals surface area contributed by atoms with Gasteiger partial charge in [-0.15, -0.1) is 11.3 Å². The molecule has 184 valence electrons. The smallest absolute Gasteiger partial charge is 0.365 e. The van der Waals surface area contributed by atoms with E-state index >= 15 is 0 Å². The molecular formula is C23H20F4N4O3S. The Morgan fingerprint density at radius 2 is 1.97 bits per heavy atom. The number of anilines is 1. The summed E-state index contributed by atoms with van der Waals surface area (Å²) in [6.45, 7) is 1.22. The molecule has 2 bridgehead atoms. The molecule has 2 saturated heterocycles. The Morgan fingerprint density at radius 1 is 1.20 bits per heavy atom. The number of thiophene rings is 1. The Hall–Kier alpha value is -3.28. The number of fused-ring (bicyclic) bond motifs is 5. The minimum Gasteiger partial charge on any atom is -0.365 e. The third-order valence-corrected chi connectivity index (χ3v) is 7.74. The predicted molar refractivity (Wildman–Crippen MR) is 121 cm³/mol. The molecular weight excluding hydrogens is 488 g/mol. The molecule has 3 aliphatic rings. The number of hydrogen-bond acceptors (Lipinski definition) is 6. The number of rotatable bonds is 2. The molecule has 2 fully saturated rings. The molecule has 0 radical (unpaired) electrons. The van der Waals surface area contributed by atoms with Crippen LogP contribution in [0.3, 0.4) is 0 Å². The van der Waals surface area contributed by atoms with Crippen molar-refractivity contribution in [2.45, 2.75) is 43.9 Å². The monoisotopic (exact) mass is 508 g/mol. The van der Waals surface area contributed by atoms with Crippen LogP contribution in [-0.4, -0.2) is 58.4 Å². The summed E-state index contributed by atoms with van der Waals surface area (Å²) < 4.78 is 44.8. The van der Waals surface area contributed by atoms with Crippen molar-refractivity contribution >= 4 is 39.4 Å². The number of halogens is 4. The molecule has 3 aromatic rings. The number of hydrogen-bond donors (Lipinski definition) is 1. The standard InChI is InChI=1S/C21H19FN4O2S.C2HF3O/c22-11-3-1-4-12(7-11)25-9-14-8-13(25)10-26(14)21(28)18-23-19(27)17-15-5-2-6-16(15)29-20(17)24-18;3-2(4,5)1-6/h1,3-4,7,13-14H,2,5-6,8-10H2,(H,23,24,27);1H/t13-,14-;/m0./s1. The number of carbonyl (C=O) groups excluding carboxylic acids is 2. The molecule has 1 amide bonds. The molecule has 0 saturated carbocycles. The molecule has 2 aliphatic heterocycles. The molecule has 4 heterocycles. The average Bonchev–Trinajstić information content (AvgIpc) is 3.58. The van der Waals surface area contributed by atoms with Crippen LogP contribution in [0.25, 0.3) is 10.2 Å². The molecule has 2 atom stereocenters. The molecule has 6 rings (SSSR count). The number of piperazine rings is 1. The Balaban J connectivity index is 0.000000380. The Morgan fingerprint density at radius 3 is 2.63 bits per heavy atom. The van der Waals surface area contributed by atoms with Crippen molar-refractivity contribution in [2.24, 2.45) is 0 Å². The summed E-state index contributed by atoms with van der Waals surface area (Å²) in [7, 11) is 0. The van der Waals surface area contributed by atoms with Crippen molar-refractivity contribution in [3.8, 4) is 0 Å². The van der Waals surface area contributed by atoms with Gasteiger partial charge in [-0.25, -0.2) is 9.37 Å². The van der Waals surface area contributed by atoms with Gasteiger partial charge in [0.2, 0.25) is 12.1 Å². The fourth-order valence-corrected chi connectivity index (χ4v) is 6.39. The van der Waals surface area contributed by atoms with E-state index in [1.54, 1.807) is 17.4 Å². The summed E-state index contributed by atoms with van der Waals surface area (Å²) in [6, 6.07) is 6.79. The van der Waals surface area contributed by atoms with Gasteiger partial charge in [-0.3, -0.25) is 14.4 Å². The van der Waals surface area contributed by atoms with Crippen molar-refractivity contribution in [3.63, 3.8) is 0 Å². The summed E-state index contributed by atoms with van der Waals surface area (Å²) in [5.41, 5.74) is 1.76. The molecule has 0 unspecified atom stereocenters. The van der Waals surface area contributed by atoms with Crippen molar-refractivity contribution in [1.29, 1.82) is 0 Å². The number of nitrogens with one attached hydrogen (secondary N) is 1. The van der Waals surface area contributed by atoms with Gasteiger partial charge in [0.25, 0.3) is 11.5 Å². The highest BCUT2D eigenvalue weighted by atomic mass is 32.1. The quantitative estimate of drug-likeness (QED) is 0.423. The first-order valence-corrected chi connectivity index (χ1v) is 11.9. The summed E-state index contributed by atoms with van der Waals surface area (Å²) in [5, 5.41) is 0.666. The number of benzene rings is 1. The number of likely N-dealkylation sites (tertiary alicyclic amines) is 1. The number of alkyl halides is 3. The first-order valence-electron chi connectivity index (χ1n) is 11.1. The molecule has 1 N–H and O–H groups in total. The van der Waals surface area contributed by atoms with Crippen LogP contribution in [0.4, 0.5) is 23.2 Å². The number of aromatic amines is 1. The van der Waals surface area contributed by atoms with Crippen LogP contribution in [0.15, 0.2) is 29.1 Å². The lowest BCUT2D eigenvalue weighted by Gasteiger charge is -2.35. The van der Waals surface area contributed by atoms with Crippen LogP contribution in [-0.2, 0) is 17.6 Å². The van der Waals surface area contributed by atoms with E-state index in [2.05, 4.69) is 14.9 Å². The van der Waals surface area contributed by atoms with Crippen LogP contribution >= 0.6 is 11.3 Å². The van der Waals surface area contributed by atoms with Gasteiger partial charge in [-0.1, -0.05) is 6.07 Å². The first-order chi connectivity index (χ1) is 16.6. The number of nitrogens with zero attached hydrogens (tertiary/aromatic N) is 3. The van der Waals surface area contributed by atoms with E-state index in [9.17, 15) is 27.2 Å². The number of aldehydes is 1. The van der Waals surface area contributed by atoms with Gasteiger partial charge in [0, 0.05) is 29.7 Å². The van der Waals surface area contributed by atoms with Crippen LogP contribution in [0.2, 0.25) is 0 Å². The second-order valence-electron chi connectivity index (χ2n) is 8.74. The molecule has 2 aromatic heterocycles. The van der Waals surface area contributed by atoms with E-state index in [0.29, 0.717) is 23.3 Å². The number of aromatic nitrogens is 2. The average molecular weight is 508 g/mol. The Bertz CT molecular complexity index is 1370. The van der Waals surface area contributed by atoms with Gasteiger partial charge in [0.1, 0.15) is 10.6 Å². The summed E-state index contributed by atoms with van der Waals surface area (Å²) >= 11 is 1.54. The zero-order valence-corrected chi connectivity index (χ0v) is 19.1. The fraction of sp³-hybridized carbons (Fsp3) is 0.391. The second kappa shape index (κ2) is 8.74. The van der Waals surface area contributed by atoms with Crippen LogP contribution in [0.1, 0.15) is 33.9 Å². The zero-order chi connectivity index (χ0) is 24.9. The fourth-order valence-electron chi connectivity index (χ4n) is 5.13. The SMILES string of the molecule is O=C(c1nc2sc3c(c2c(=O)[nH]1)CCC3)N1C[C@@H]2C[C@H]1CN2c1cccc(F)c1.O=CC(F)(F)F. The summed E-state index contributed by atoms with van der Waals surface area (Å²) in [4.78, 5) is 47.6. The van der Waals surface area contributed by atoms with E-state index in [1.165, 1.54) is 17.0 Å². The lowest BCUT2D eigenvalue weighted by Crippen LogP contribution is -2.49. The highest BCUT2D eigenvalue weighted by molar-refractivity contribution is 7.18. The van der Waals surface area contributed by atoms with Gasteiger partial charge >= 0.3 is 6.18 Å². The van der Waals surface area contributed by atoms with E-state index < -0.39 is 12.5 Å². The normalized spacial score (nSPS) is 20.7. The second-order valence-corrected chi connectivity index (χ2v) is 9.83. The maximum Gasteiger partial charge on any atom is 0.446 e. The predicted octanol–water partition coefficient (Wildman–Crippen LogP) is 3.46. The lowest BCUT2D eigenvalue weighted by atomic mass is 10.2. The van der Waals surface area contributed by atoms with Gasteiger partial charge in [-0.2, -0.15) is 13.2 Å². The zero-order valence-electron chi connectivity index (χ0n) is 18.3. The number of aryl methyl sites for hydroxylation is 2. The topological polar surface area (TPSA) is 86.4 Å². The molecule has 1 aromatic carbocycles. The van der Waals surface area contributed by atoms with Crippen molar-refractivity contribution in [1.82, 2.24) is 14.9 Å². The Labute approximate surface area is 200 Å². The third-order valence-electron chi connectivity index (χ3n) is 6.55. The highest BCUT2D eigenvalue weighted by Crippen LogP contribution is 2.37. The van der Waals surface area contributed by atoms with Gasteiger partial charge < -0.3 is 14.8 Å². The largest absolute Gasteiger partial charge is 0.446 e. The van der Waals surface area contributed by atoms with Crippen molar-refractivity contribution in [3.05, 3.63) is 56.7 Å². The molecule has 1 aliphatic carbocycles. The van der Waals surface area contributed by atoms with Crippen molar-refractivity contribution in [2.75, 3.05) is 18.0 Å². The lowest BCUT2D eigenvalue weighted by molar-refractivity contribution is -0.156. The van der Waals surface area contributed by atoms with Crippen molar-refractivity contribution < 1.29 is 27.2 Å². The van der Waals surface area contributed by atoms with Gasteiger partial charge in [0.05, 0.1) is 11.4 Å². The van der Waals surface area contributed by atoms with Crippen LogP contribution < -0.4 is 10.5 Å².